The van der Waals surface area contributed by atoms with E-state index >= 15 is 0 Å². The van der Waals surface area contributed by atoms with Crippen LogP contribution >= 0.6 is 31.9 Å². The number of hydrogen-bond acceptors (Lipinski definition) is 5. The summed E-state index contributed by atoms with van der Waals surface area (Å²) in [6.07, 6.45) is 3.19. The number of fused-ring (bicyclic) bond motifs is 1. The van der Waals surface area contributed by atoms with Gasteiger partial charge in [0.1, 0.15) is 18.0 Å². The van der Waals surface area contributed by atoms with E-state index in [9.17, 15) is 9.90 Å². The van der Waals surface area contributed by atoms with Crippen molar-refractivity contribution in [1.29, 1.82) is 0 Å². The van der Waals surface area contributed by atoms with Crippen molar-refractivity contribution in [2.75, 3.05) is 0 Å². The molecule has 0 spiro atoms. The molecule has 9 heteroatoms. The van der Waals surface area contributed by atoms with Gasteiger partial charge >= 0.3 is 0 Å². The number of phenols is 1. The predicted molar refractivity (Wildman–Crippen MR) is 122 cm³/mol. The van der Waals surface area contributed by atoms with E-state index in [0.717, 1.165) is 11.0 Å². The van der Waals surface area contributed by atoms with Gasteiger partial charge < -0.3 is 9.67 Å². The third-order valence-corrected chi connectivity index (χ3v) is 5.50. The number of imidazole rings is 1. The molecular formula is C21H15Br2N5O2. The Balaban J connectivity index is 1.56. The molecule has 30 heavy (non-hydrogen) atoms. The van der Waals surface area contributed by atoms with Crippen LogP contribution < -0.4 is 5.43 Å². The van der Waals surface area contributed by atoms with Crippen LogP contribution in [0.1, 0.15) is 5.56 Å². The summed E-state index contributed by atoms with van der Waals surface area (Å²) in [4.78, 5) is 21.6. The molecule has 0 aliphatic carbocycles. The van der Waals surface area contributed by atoms with Crippen molar-refractivity contribution in [1.82, 2.24) is 20.0 Å². The summed E-state index contributed by atoms with van der Waals surface area (Å²) in [5.41, 5.74) is 5.54. The summed E-state index contributed by atoms with van der Waals surface area (Å²) >= 11 is 6.53. The number of aromatic hydroxyl groups is 1. The minimum Gasteiger partial charge on any atom is -0.506 e. The number of rotatable bonds is 5. The first-order valence-electron chi connectivity index (χ1n) is 8.89. The van der Waals surface area contributed by atoms with E-state index in [1.807, 2.05) is 47.0 Å². The van der Waals surface area contributed by atoms with Crippen LogP contribution in [-0.2, 0) is 11.3 Å². The van der Waals surface area contributed by atoms with Crippen molar-refractivity contribution in [3.8, 4) is 17.3 Å². The number of hydrogen-bond donors (Lipinski definition) is 2. The zero-order chi connectivity index (χ0) is 21.1. The SMILES string of the molecule is O=C(Cn1c(-c2ccccn2)nc2ccccc21)NN=Cc1cc(Br)c(O)c(Br)c1. The van der Waals surface area contributed by atoms with E-state index in [0.29, 0.717) is 26.0 Å². The Kier molecular flexibility index (Phi) is 5.91. The molecule has 2 heterocycles. The Morgan fingerprint density at radius 1 is 1.13 bits per heavy atom. The lowest BCUT2D eigenvalue weighted by molar-refractivity contribution is -0.121. The molecule has 4 aromatic rings. The van der Waals surface area contributed by atoms with E-state index in [4.69, 9.17) is 0 Å². The third-order valence-electron chi connectivity index (χ3n) is 4.29. The van der Waals surface area contributed by atoms with Gasteiger partial charge in [0.05, 0.1) is 26.2 Å². The van der Waals surface area contributed by atoms with Crippen molar-refractivity contribution in [2.24, 2.45) is 5.10 Å². The Hall–Kier alpha value is -3.04. The normalized spacial score (nSPS) is 11.3. The summed E-state index contributed by atoms with van der Waals surface area (Å²) < 4.78 is 2.86. The minimum absolute atomic E-state index is 0.0345. The van der Waals surface area contributed by atoms with Gasteiger partial charge in [-0.05, 0) is 73.8 Å². The second-order valence-electron chi connectivity index (χ2n) is 6.35. The average Bonchev–Trinajstić information content (AvgIpc) is 3.11. The first-order valence-corrected chi connectivity index (χ1v) is 10.5. The number of carbonyl (C=O) groups excluding carboxylic acids is 1. The fourth-order valence-corrected chi connectivity index (χ4v) is 4.17. The zero-order valence-electron chi connectivity index (χ0n) is 15.5. The van der Waals surface area contributed by atoms with Crippen LogP contribution in [0.4, 0.5) is 0 Å². The van der Waals surface area contributed by atoms with Crippen molar-refractivity contribution in [2.45, 2.75) is 6.54 Å². The summed E-state index contributed by atoms with van der Waals surface area (Å²) in [7, 11) is 0. The van der Waals surface area contributed by atoms with Gasteiger partial charge in [-0.3, -0.25) is 9.78 Å². The van der Waals surface area contributed by atoms with Crippen molar-refractivity contribution in [3.63, 3.8) is 0 Å². The quantitative estimate of drug-likeness (QED) is 0.295. The molecule has 0 unspecified atom stereocenters. The van der Waals surface area contributed by atoms with Crippen LogP contribution in [-0.4, -0.2) is 31.8 Å². The Morgan fingerprint density at radius 2 is 1.87 bits per heavy atom. The molecule has 2 N–H and O–H groups in total. The molecule has 7 nitrogen and oxygen atoms in total. The Labute approximate surface area is 188 Å². The first-order chi connectivity index (χ1) is 14.5. The molecule has 0 saturated carbocycles. The van der Waals surface area contributed by atoms with E-state index in [1.54, 1.807) is 18.3 Å². The Bertz CT molecular complexity index is 1230. The number of aromatic nitrogens is 3. The molecule has 0 bridgehead atoms. The number of hydrazone groups is 1. The second-order valence-corrected chi connectivity index (χ2v) is 8.06. The van der Waals surface area contributed by atoms with E-state index in [-0.39, 0.29) is 18.2 Å². The second kappa shape index (κ2) is 8.76. The van der Waals surface area contributed by atoms with Gasteiger partial charge in [0.25, 0.3) is 5.91 Å². The molecule has 0 aliphatic rings. The molecule has 2 aromatic carbocycles. The summed E-state index contributed by atoms with van der Waals surface area (Å²) in [5, 5.41) is 13.8. The standard InChI is InChI=1S/C21H15Br2N5O2/c22-14-9-13(10-15(23)20(14)30)11-25-27-19(29)12-28-18-7-2-1-5-16(18)26-21(28)17-6-3-4-8-24-17/h1-11,30H,12H2,(H,27,29). The van der Waals surface area contributed by atoms with Gasteiger partial charge in [0, 0.05) is 6.20 Å². The van der Waals surface area contributed by atoms with Gasteiger partial charge in [-0.15, -0.1) is 0 Å². The van der Waals surface area contributed by atoms with Gasteiger partial charge in [0.15, 0.2) is 5.82 Å². The van der Waals surface area contributed by atoms with E-state index in [2.05, 4.69) is 52.4 Å². The van der Waals surface area contributed by atoms with E-state index in [1.165, 1.54) is 6.21 Å². The highest BCUT2D eigenvalue weighted by Gasteiger charge is 2.15. The first kappa shape index (κ1) is 20.2. The largest absolute Gasteiger partial charge is 0.506 e. The van der Waals surface area contributed by atoms with Gasteiger partial charge in [-0.1, -0.05) is 18.2 Å². The number of nitrogens with one attached hydrogen (secondary N) is 1. The number of amides is 1. The van der Waals surface area contributed by atoms with Crippen LogP contribution in [0.15, 0.2) is 74.8 Å². The zero-order valence-corrected chi connectivity index (χ0v) is 18.6. The molecule has 1 amide bonds. The monoisotopic (exact) mass is 527 g/mol. The number of benzene rings is 2. The van der Waals surface area contributed by atoms with Crippen LogP contribution in [0.3, 0.4) is 0 Å². The molecule has 0 radical (unpaired) electrons. The van der Waals surface area contributed by atoms with Crippen molar-refractivity contribution < 1.29 is 9.90 Å². The molecule has 0 aliphatic heterocycles. The maximum Gasteiger partial charge on any atom is 0.260 e. The van der Waals surface area contributed by atoms with Crippen molar-refractivity contribution in [3.05, 3.63) is 75.3 Å². The lowest BCUT2D eigenvalue weighted by Gasteiger charge is -2.08. The molecule has 0 fully saturated rings. The van der Waals surface area contributed by atoms with Crippen LogP contribution in [0.25, 0.3) is 22.6 Å². The van der Waals surface area contributed by atoms with Crippen LogP contribution in [0, 0.1) is 0 Å². The average molecular weight is 529 g/mol. The predicted octanol–water partition coefficient (Wildman–Crippen LogP) is 4.48. The highest BCUT2D eigenvalue weighted by atomic mass is 79.9. The molecule has 4 rings (SSSR count). The molecule has 150 valence electrons. The van der Waals surface area contributed by atoms with Crippen LogP contribution in [0.2, 0.25) is 0 Å². The lowest BCUT2D eigenvalue weighted by atomic mass is 10.2. The Morgan fingerprint density at radius 3 is 2.60 bits per heavy atom. The summed E-state index contributed by atoms with van der Waals surface area (Å²) in [6.45, 7) is 0.0345. The lowest BCUT2D eigenvalue weighted by Crippen LogP contribution is -2.23. The van der Waals surface area contributed by atoms with Crippen LogP contribution in [0.5, 0.6) is 5.75 Å². The van der Waals surface area contributed by atoms with Gasteiger partial charge in [-0.2, -0.15) is 5.10 Å². The number of halogens is 2. The smallest absolute Gasteiger partial charge is 0.260 e. The fraction of sp³-hybridized carbons (Fsp3) is 0.0476. The summed E-state index contributed by atoms with van der Waals surface area (Å²) in [6, 6.07) is 16.6. The van der Waals surface area contributed by atoms with Gasteiger partial charge in [-0.25, -0.2) is 10.4 Å². The summed E-state index contributed by atoms with van der Waals surface area (Å²) in [5.74, 6) is 0.413. The number of para-hydroxylation sites is 2. The van der Waals surface area contributed by atoms with Crippen molar-refractivity contribution >= 4 is 55.0 Å². The third kappa shape index (κ3) is 4.27. The molecule has 2 aromatic heterocycles. The number of nitrogens with zero attached hydrogens (tertiary/aromatic N) is 4. The highest BCUT2D eigenvalue weighted by Crippen LogP contribution is 2.32. The highest BCUT2D eigenvalue weighted by molar-refractivity contribution is 9.11. The molecular weight excluding hydrogens is 514 g/mol. The number of phenolic OH excluding ortho intramolecular Hbond substituents is 1. The number of carbonyl (C=O) groups is 1. The maximum atomic E-state index is 12.6. The topological polar surface area (TPSA) is 92.4 Å². The number of pyridine rings is 1. The minimum atomic E-state index is -0.302. The maximum absolute atomic E-state index is 12.6. The molecule has 0 atom stereocenters. The fourth-order valence-electron chi connectivity index (χ4n) is 2.94. The van der Waals surface area contributed by atoms with Gasteiger partial charge in [0.2, 0.25) is 0 Å². The molecule has 0 saturated heterocycles. The van der Waals surface area contributed by atoms with E-state index < -0.39 is 0 Å².